The summed E-state index contributed by atoms with van der Waals surface area (Å²) in [5.41, 5.74) is 0. The van der Waals surface area contributed by atoms with E-state index in [0.29, 0.717) is 19.6 Å². The number of carbonyl (C=O) groups is 11. The molecule has 2 bridgehead atoms. The predicted molar refractivity (Wildman–Crippen MR) is 354 cm³/mol. The Bertz CT molecular complexity index is 2600. The minimum Gasteiger partial charge on any atom is -0.380 e. The van der Waals surface area contributed by atoms with E-state index in [-0.39, 0.29) is 56.1 Å². The van der Waals surface area contributed by atoms with Gasteiger partial charge in [0, 0.05) is 82.0 Å². The highest BCUT2D eigenvalue weighted by Gasteiger charge is 2.51. The first-order valence-corrected chi connectivity index (χ1v) is 33.5. The Hall–Kier alpha value is -6.25. The lowest BCUT2D eigenvalue weighted by atomic mass is 9.92. The lowest BCUT2D eigenvalue weighted by Crippen LogP contribution is -2.62. The van der Waals surface area contributed by atoms with Crippen molar-refractivity contribution in [2.45, 2.75) is 228 Å². The van der Waals surface area contributed by atoms with Crippen molar-refractivity contribution in [2.24, 2.45) is 35.5 Å². The Morgan fingerprint density at radius 2 is 1.03 bits per heavy atom. The molecule has 26 heteroatoms. The molecule has 3 fully saturated rings. The van der Waals surface area contributed by atoms with E-state index >= 15 is 24.0 Å². The molecule has 11 amide bonds. The van der Waals surface area contributed by atoms with Crippen molar-refractivity contribution in [3.8, 4) is 0 Å². The summed E-state index contributed by atoms with van der Waals surface area (Å²) in [7, 11) is 11.8. The van der Waals surface area contributed by atoms with Crippen molar-refractivity contribution in [1.82, 2.24) is 60.5 Å². The number of methoxy groups -OCH3 is 1. The van der Waals surface area contributed by atoms with Crippen LogP contribution in [0.5, 0.6) is 0 Å². The van der Waals surface area contributed by atoms with Gasteiger partial charge in [0.05, 0.1) is 31.5 Å². The zero-order chi connectivity index (χ0) is 71.0. The summed E-state index contributed by atoms with van der Waals surface area (Å²) in [5.74, 6) is -9.40. The number of nitrogens with zero attached hydrogens (tertiary/aromatic N) is 8. The third-order valence-electron chi connectivity index (χ3n) is 18.7. The highest BCUT2D eigenvalue weighted by atomic mass is 16.5. The van der Waals surface area contributed by atoms with E-state index in [2.05, 4.69) is 26.2 Å². The van der Waals surface area contributed by atoms with Crippen LogP contribution in [0.25, 0.3) is 0 Å². The van der Waals surface area contributed by atoms with Crippen molar-refractivity contribution in [2.75, 3.05) is 89.3 Å². The highest BCUT2D eigenvalue weighted by molar-refractivity contribution is 6.00. The van der Waals surface area contributed by atoms with Crippen molar-refractivity contribution >= 4 is 65.0 Å². The monoisotopic (exact) mass is 1310 g/mol. The summed E-state index contributed by atoms with van der Waals surface area (Å²) < 4.78 is 18.4. The van der Waals surface area contributed by atoms with Gasteiger partial charge in [-0.3, -0.25) is 57.6 Å². The van der Waals surface area contributed by atoms with E-state index in [9.17, 15) is 28.8 Å². The van der Waals surface area contributed by atoms with Gasteiger partial charge in [-0.2, -0.15) is 0 Å². The van der Waals surface area contributed by atoms with Crippen LogP contribution in [0.1, 0.15) is 143 Å². The Morgan fingerprint density at radius 1 is 0.527 bits per heavy atom. The largest absolute Gasteiger partial charge is 0.380 e. The number of fused-ring (bicyclic) bond motifs is 3. The summed E-state index contributed by atoms with van der Waals surface area (Å²) in [4.78, 5) is 174. The van der Waals surface area contributed by atoms with Crippen LogP contribution >= 0.6 is 0 Å². The first kappa shape index (κ1) is 81.0. The number of hydrogen-bond acceptors (Lipinski definition) is 15. The van der Waals surface area contributed by atoms with Crippen LogP contribution in [0.2, 0.25) is 0 Å². The fourth-order valence-corrected chi connectivity index (χ4v) is 12.5. The van der Waals surface area contributed by atoms with Crippen LogP contribution in [-0.2, 0) is 67.0 Å². The van der Waals surface area contributed by atoms with E-state index < -0.39 is 161 Å². The number of ether oxygens (including phenoxy) is 3. The molecular weight excluding hydrogens is 1200 g/mol. The maximum absolute atomic E-state index is 15.2. The molecule has 0 aromatic carbocycles. The summed E-state index contributed by atoms with van der Waals surface area (Å²) in [6.45, 7) is 30.3. The van der Waals surface area contributed by atoms with Crippen LogP contribution in [0, 0.1) is 35.5 Å². The Labute approximate surface area is 555 Å². The van der Waals surface area contributed by atoms with E-state index in [0.717, 1.165) is 13.1 Å². The molecule has 0 radical (unpaired) electrons. The van der Waals surface area contributed by atoms with Gasteiger partial charge in [-0.15, -0.1) is 0 Å². The third-order valence-corrected chi connectivity index (χ3v) is 18.7. The maximum atomic E-state index is 15.2. The minimum absolute atomic E-state index is 0.00713. The first-order valence-electron chi connectivity index (χ1n) is 33.5. The quantitative estimate of drug-likeness (QED) is 0.113. The fourth-order valence-electron chi connectivity index (χ4n) is 12.5. The second-order valence-electron chi connectivity index (χ2n) is 28.0. The molecule has 4 N–H and O–H groups in total. The number of carbonyl (C=O) groups excluding carboxylic acids is 11. The zero-order valence-corrected chi connectivity index (χ0v) is 60.6. The summed E-state index contributed by atoms with van der Waals surface area (Å²) in [6.07, 6.45) is 2.80. The molecule has 3 aliphatic heterocycles. The highest BCUT2D eigenvalue weighted by Crippen LogP contribution is 2.30. The minimum atomic E-state index is -1.35. The van der Waals surface area contributed by atoms with E-state index in [1.807, 2.05) is 67.5 Å². The third kappa shape index (κ3) is 21.1. The van der Waals surface area contributed by atoms with Crippen molar-refractivity contribution in [3.63, 3.8) is 0 Å². The number of nitrogens with one attached hydrogen (secondary N) is 4. The molecule has 0 saturated carbocycles. The number of likely N-dealkylation sites (tertiary alicyclic amines) is 1. The molecule has 3 heterocycles. The zero-order valence-electron chi connectivity index (χ0n) is 60.6. The molecule has 3 aliphatic rings. The van der Waals surface area contributed by atoms with Gasteiger partial charge in [-0.25, -0.2) is 0 Å². The molecule has 530 valence electrons. The van der Waals surface area contributed by atoms with E-state index in [1.54, 1.807) is 41.7 Å². The lowest BCUT2D eigenvalue weighted by molar-refractivity contribution is -0.155. The SMILES string of the molecule is C/C=C/C[C@@H](C)[C@H]1OC(C)[C@H]2C(=O)N(C)[C@@H]1C(=O)N[C@@H](CC)C(=O)N(C)[C@H](C)C(=O)N(C)[C@@H]([C@H](C)COCCN1CC(OC)C1)C(=O)N[C@@H](C(C)C)C(=O)N(C)[C@@H](CC(C)C)C(=O)N[C@@H](C)C(=O)N[C@H](C)C(=O)N(C)[C@@H](CC(C)C)C(=O)N(C)[C@@H](CC(C)C)C(=O)N2C. The molecular formula is C67H118N12O14. The van der Waals surface area contributed by atoms with Gasteiger partial charge in [0.1, 0.15) is 66.5 Å². The molecule has 3 rings (SSSR count). The summed E-state index contributed by atoms with van der Waals surface area (Å²) >= 11 is 0. The van der Waals surface area contributed by atoms with Gasteiger partial charge >= 0.3 is 0 Å². The lowest BCUT2D eigenvalue weighted by Gasteiger charge is -2.39. The average molecular weight is 1320 g/mol. The molecule has 3 saturated heterocycles. The van der Waals surface area contributed by atoms with Gasteiger partial charge in [-0.1, -0.05) is 88.3 Å². The fraction of sp³-hybridized carbons (Fsp3) is 0.806. The molecule has 15 atom stereocenters. The van der Waals surface area contributed by atoms with Gasteiger partial charge in [0.25, 0.3) is 0 Å². The first-order chi connectivity index (χ1) is 43.3. The molecule has 26 nitrogen and oxygen atoms in total. The number of amides is 11. The van der Waals surface area contributed by atoms with Crippen molar-refractivity contribution < 1.29 is 67.0 Å². The Morgan fingerprint density at radius 3 is 1.55 bits per heavy atom. The molecule has 0 aliphatic carbocycles. The van der Waals surface area contributed by atoms with Gasteiger partial charge in [0.2, 0.25) is 65.0 Å². The Balaban J connectivity index is 2.31. The molecule has 0 aromatic heterocycles. The maximum Gasteiger partial charge on any atom is 0.248 e. The number of likely N-dealkylation sites (N-methyl/N-ethyl adjacent to an activating group) is 7. The van der Waals surface area contributed by atoms with Gasteiger partial charge in [0.15, 0.2) is 0 Å². The van der Waals surface area contributed by atoms with Crippen molar-refractivity contribution in [3.05, 3.63) is 12.2 Å². The molecule has 93 heavy (non-hydrogen) atoms. The molecule has 0 spiro atoms. The van der Waals surface area contributed by atoms with E-state index in [4.69, 9.17) is 14.2 Å². The topological polar surface area (TPSA) is 290 Å². The summed E-state index contributed by atoms with van der Waals surface area (Å²) in [6, 6.07) is -13.6. The predicted octanol–water partition coefficient (Wildman–Crippen LogP) is 2.37. The van der Waals surface area contributed by atoms with Crippen LogP contribution in [0.3, 0.4) is 0 Å². The van der Waals surface area contributed by atoms with E-state index in [1.165, 1.54) is 104 Å². The average Bonchev–Trinajstić information content (AvgIpc) is 1.72. The normalized spacial score (nSPS) is 29.7. The van der Waals surface area contributed by atoms with Crippen LogP contribution in [0.15, 0.2) is 12.2 Å². The standard InChI is InChI=1S/C67H118N12O14/c1-25-27-28-41(11)56-55-60(83)70-48(26-2)63(86)72(17)45(15)62(85)76(21)53(42(12)36-92-30-29-79-34-47(35-79)91-24)59(82)71-52(40(9)10)66(89)73(18)49(31-37(3)4)58(81)68-43(13)57(80)69-44(14)61(84)74(19)50(32-38(5)6)64(87)75(20)51(33-39(7)8)65(88)77(22)54(46(16)93-56)67(90)78(55)23/h25,27,37-56H,26,28-36H2,1-24H3,(H,68,81)(H,69,80)(H,70,83)(H,71,82)/b27-25+/t41-,42-,43+,44-,45-,46?,48+,49+,50+,51+,52+,53+,54+,55+,56-/m1/s1. The van der Waals surface area contributed by atoms with Crippen LogP contribution < -0.4 is 21.3 Å². The van der Waals surface area contributed by atoms with Gasteiger partial charge in [-0.05, 0) is 96.3 Å². The Kier molecular flexibility index (Phi) is 31.9. The number of rotatable bonds is 18. The second-order valence-corrected chi connectivity index (χ2v) is 28.0. The number of hydrogen-bond donors (Lipinski definition) is 4. The molecule has 0 aromatic rings. The van der Waals surface area contributed by atoms with Crippen molar-refractivity contribution in [1.29, 1.82) is 0 Å². The smallest absolute Gasteiger partial charge is 0.248 e. The molecule has 1 unspecified atom stereocenters. The van der Waals surface area contributed by atoms with Crippen LogP contribution in [-0.4, -0.2) is 278 Å². The number of allylic oxidation sites excluding steroid dienone is 2. The van der Waals surface area contributed by atoms with Crippen LogP contribution in [0.4, 0.5) is 0 Å². The second kappa shape index (κ2) is 36.6. The van der Waals surface area contributed by atoms with Gasteiger partial charge < -0.3 is 69.8 Å². The summed E-state index contributed by atoms with van der Waals surface area (Å²) in [5, 5.41) is 11.2.